The lowest BCUT2D eigenvalue weighted by Gasteiger charge is -2.02. The molecule has 0 saturated heterocycles. The Kier molecular flexibility index (Phi) is 5.69. The van der Waals surface area contributed by atoms with Crippen molar-refractivity contribution in [3.05, 3.63) is 23.7 Å². The van der Waals surface area contributed by atoms with Gasteiger partial charge in [-0.15, -0.1) is 0 Å². The molecular formula is C12H18N2O2S. The van der Waals surface area contributed by atoms with Gasteiger partial charge in [0.25, 0.3) is 5.91 Å². The minimum Gasteiger partial charge on any atom is -0.456 e. The van der Waals surface area contributed by atoms with Crippen LogP contribution in [0.25, 0.3) is 0 Å². The molecule has 1 aromatic rings. The Morgan fingerprint density at radius 2 is 2.24 bits per heavy atom. The first kappa shape index (κ1) is 13.7. The smallest absolute Gasteiger partial charge is 0.286 e. The summed E-state index contributed by atoms with van der Waals surface area (Å²) in [6, 6.07) is 3.52. The Labute approximate surface area is 107 Å². The van der Waals surface area contributed by atoms with Crippen LogP contribution in [-0.4, -0.2) is 17.4 Å². The number of hydrogen-bond acceptors (Lipinski definition) is 3. The van der Waals surface area contributed by atoms with Gasteiger partial charge in [-0.25, -0.2) is 0 Å². The summed E-state index contributed by atoms with van der Waals surface area (Å²) in [5.41, 5.74) is 5.37. The predicted molar refractivity (Wildman–Crippen MR) is 71.1 cm³/mol. The maximum atomic E-state index is 11.6. The lowest BCUT2D eigenvalue weighted by molar-refractivity contribution is 0.0923. The lowest BCUT2D eigenvalue weighted by atomic mass is 10.2. The van der Waals surface area contributed by atoms with E-state index < -0.39 is 0 Å². The number of hydrogen-bond donors (Lipinski definition) is 2. The zero-order valence-electron chi connectivity index (χ0n) is 9.99. The molecule has 4 nitrogen and oxygen atoms in total. The van der Waals surface area contributed by atoms with Crippen molar-refractivity contribution in [3.63, 3.8) is 0 Å². The zero-order chi connectivity index (χ0) is 12.7. The topological polar surface area (TPSA) is 68.3 Å². The molecule has 94 valence electrons. The number of unbranched alkanes of at least 4 members (excludes halogenated alkanes) is 1. The van der Waals surface area contributed by atoms with E-state index in [0.29, 0.717) is 17.3 Å². The molecule has 0 saturated carbocycles. The van der Waals surface area contributed by atoms with E-state index >= 15 is 0 Å². The van der Waals surface area contributed by atoms with Crippen molar-refractivity contribution in [1.29, 1.82) is 0 Å². The maximum Gasteiger partial charge on any atom is 0.286 e. The second-order valence-electron chi connectivity index (χ2n) is 3.80. The van der Waals surface area contributed by atoms with Crippen molar-refractivity contribution in [3.8, 4) is 0 Å². The SMILES string of the molecule is CCc1ccc(C(=O)NCCCCC(N)=S)o1. The molecule has 0 fully saturated rings. The summed E-state index contributed by atoms with van der Waals surface area (Å²) >= 11 is 4.76. The zero-order valence-corrected chi connectivity index (χ0v) is 10.8. The molecule has 1 heterocycles. The van der Waals surface area contributed by atoms with E-state index in [4.69, 9.17) is 22.4 Å². The Bertz CT molecular complexity index is 388. The molecule has 0 aliphatic rings. The highest BCUT2D eigenvalue weighted by atomic mass is 32.1. The van der Waals surface area contributed by atoms with Crippen LogP contribution in [-0.2, 0) is 6.42 Å². The van der Waals surface area contributed by atoms with Gasteiger partial charge < -0.3 is 15.5 Å². The van der Waals surface area contributed by atoms with Gasteiger partial charge in [0, 0.05) is 13.0 Å². The maximum absolute atomic E-state index is 11.6. The van der Waals surface area contributed by atoms with Gasteiger partial charge in [0.2, 0.25) is 0 Å². The summed E-state index contributed by atoms with van der Waals surface area (Å²) < 4.78 is 5.34. The fourth-order valence-corrected chi connectivity index (χ4v) is 1.55. The van der Waals surface area contributed by atoms with Crippen LogP contribution in [0.2, 0.25) is 0 Å². The van der Waals surface area contributed by atoms with Gasteiger partial charge in [0.1, 0.15) is 5.76 Å². The molecule has 5 heteroatoms. The average Bonchev–Trinajstić information content (AvgIpc) is 2.76. The van der Waals surface area contributed by atoms with Crippen LogP contribution < -0.4 is 11.1 Å². The third-order valence-electron chi connectivity index (χ3n) is 2.37. The predicted octanol–water partition coefficient (Wildman–Crippen LogP) is 2.03. The van der Waals surface area contributed by atoms with Crippen LogP contribution in [0.15, 0.2) is 16.5 Å². The third kappa shape index (κ3) is 4.99. The first-order valence-electron chi connectivity index (χ1n) is 5.78. The molecule has 3 N–H and O–H groups in total. The number of thiocarbonyl (C=S) groups is 1. The van der Waals surface area contributed by atoms with Crippen molar-refractivity contribution >= 4 is 23.1 Å². The van der Waals surface area contributed by atoms with Gasteiger partial charge >= 0.3 is 0 Å². The summed E-state index contributed by atoms with van der Waals surface area (Å²) in [5, 5.41) is 2.79. The van der Waals surface area contributed by atoms with E-state index in [0.717, 1.165) is 31.4 Å². The van der Waals surface area contributed by atoms with Gasteiger partial charge in [0.15, 0.2) is 5.76 Å². The summed E-state index contributed by atoms with van der Waals surface area (Å²) in [5.74, 6) is 1.03. The molecule has 0 aliphatic heterocycles. The first-order chi connectivity index (χ1) is 8.13. The van der Waals surface area contributed by atoms with E-state index in [9.17, 15) is 4.79 Å². The van der Waals surface area contributed by atoms with E-state index in [1.165, 1.54) is 0 Å². The van der Waals surface area contributed by atoms with Crippen LogP contribution in [0.4, 0.5) is 0 Å². The molecule has 0 atom stereocenters. The largest absolute Gasteiger partial charge is 0.456 e. The number of aryl methyl sites for hydroxylation is 1. The average molecular weight is 254 g/mol. The number of amides is 1. The first-order valence-corrected chi connectivity index (χ1v) is 6.19. The summed E-state index contributed by atoms with van der Waals surface area (Å²) in [6.07, 6.45) is 3.28. The Morgan fingerprint density at radius 3 is 2.82 bits per heavy atom. The highest BCUT2D eigenvalue weighted by Crippen LogP contribution is 2.08. The Morgan fingerprint density at radius 1 is 1.47 bits per heavy atom. The van der Waals surface area contributed by atoms with Crippen LogP contribution in [0.3, 0.4) is 0 Å². The Hall–Kier alpha value is -1.36. The second kappa shape index (κ2) is 7.06. The van der Waals surface area contributed by atoms with E-state index in [1.54, 1.807) is 6.07 Å². The fourth-order valence-electron chi connectivity index (χ4n) is 1.40. The van der Waals surface area contributed by atoms with Crippen LogP contribution in [0.1, 0.15) is 42.5 Å². The molecule has 1 amide bonds. The fraction of sp³-hybridized carbons (Fsp3) is 0.500. The number of carbonyl (C=O) groups excluding carboxylic acids is 1. The monoisotopic (exact) mass is 254 g/mol. The molecular weight excluding hydrogens is 236 g/mol. The number of nitrogens with one attached hydrogen (secondary N) is 1. The lowest BCUT2D eigenvalue weighted by Crippen LogP contribution is -2.24. The van der Waals surface area contributed by atoms with Gasteiger partial charge in [-0.2, -0.15) is 0 Å². The van der Waals surface area contributed by atoms with Crippen molar-refractivity contribution in [2.45, 2.75) is 32.6 Å². The van der Waals surface area contributed by atoms with Gasteiger partial charge in [0.05, 0.1) is 4.99 Å². The molecule has 0 aromatic carbocycles. The minimum atomic E-state index is -0.167. The van der Waals surface area contributed by atoms with Gasteiger partial charge in [-0.1, -0.05) is 19.1 Å². The molecule has 0 spiro atoms. The normalized spacial score (nSPS) is 10.2. The highest BCUT2D eigenvalue weighted by Gasteiger charge is 2.09. The molecule has 1 aromatic heterocycles. The van der Waals surface area contributed by atoms with E-state index in [2.05, 4.69) is 5.32 Å². The van der Waals surface area contributed by atoms with Crippen molar-refractivity contribution in [2.24, 2.45) is 5.73 Å². The number of rotatable bonds is 7. The van der Waals surface area contributed by atoms with Crippen molar-refractivity contribution < 1.29 is 9.21 Å². The van der Waals surface area contributed by atoms with E-state index in [-0.39, 0.29) is 5.91 Å². The third-order valence-corrected chi connectivity index (χ3v) is 2.57. The van der Waals surface area contributed by atoms with E-state index in [1.807, 2.05) is 13.0 Å². The Balaban J connectivity index is 2.23. The standard InChI is InChI=1S/C12H18N2O2S/c1-2-9-6-7-10(16-9)12(15)14-8-4-3-5-11(13)17/h6-7H,2-5,8H2,1H3,(H2,13,17)(H,14,15). The molecule has 0 aliphatic carbocycles. The number of furan rings is 1. The molecule has 0 bridgehead atoms. The van der Waals surface area contributed by atoms with Crippen molar-refractivity contribution in [2.75, 3.05) is 6.54 Å². The molecule has 17 heavy (non-hydrogen) atoms. The number of carbonyl (C=O) groups is 1. The van der Waals surface area contributed by atoms with Crippen LogP contribution in [0, 0.1) is 0 Å². The van der Waals surface area contributed by atoms with Crippen LogP contribution >= 0.6 is 12.2 Å². The summed E-state index contributed by atoms with van der Waals surface area (Å²) in [7, 11) is 0. The molecule has 0 radical (unpaired) electrons. The van der Waals surface area contributed by atoms with Gasteiger partial charge in [-0.05, 0) is 31.4 Å². The molecule has 1 rings (SSSR count). The number of nitrogens with two attached hydrogens (primary N) is 1. The van der Waals surface area contributed by atoms with Crippen molar-refractivity contribution in [1.82, 2.24) is 5.32 Å². The molecule has 0 unspecified atom stereocenters. The quantitative estimate of drug-likeness (QED) is 0.577. The minimum absolute atomic E-state index is 0.167. The highest BCUT2D eigenvalue weighted by molar-refractivity contribution is 7.80. The van der Waals surface area contributed by atoms with Crippen LogP contribution in [0.5, 0.6) is 0 Å². The van der Waals surface area contributed by atoms with Gasteiger partial charge in [-0.3, -0.25) is 4.79 Å². The second-order valence-corrected chi connectivity index (χ2v) is 4.32. The summed E-state index contributed by atoms with van der Waals surface area (Å²) in [6.45, 7) is 2.60. The summed E-state index contributed by atoms with van der Waals surface area (Å²) in [4.78, 5) is 12.1.